The van der Waals surface area contributed by atoms with Crippen molar-refractivity contribution in [1.29, 1.82) is 0 Å². The minimum atomic E-state index is 0.108. The zero-order valence-corrected chi connectivity index (χ0v) is 14.8. The average Bonchev–Trinajstić information content (AvgIpc) is 2.71. The molecule has 1 aliphatic heterocycles. The minimum absolute atomic E-state index is 0.108. The first-order chi connectivity index (χ1) is 9.87. The lowest BCUT2D eigenvalue weighted by molar-refractivity contribution is 0.0630. The van der Waals surface area contributed by atoms with Gasteiger partial charge in [0.1, 0.15) is 0 Å². The molecule has 1 aliphatic rings. The molecule has 5 heteroatoms. The van der Waals surface area contributed by atoms with E-state index in [0.717, 1.165) is 22.8 Å². The number of rotatable bonds is 5. The molecule has 0 aromatic carbocycles. The van der Waals surface area contributed by atoms with Crippen molar-refractivity contribution in [3.8, 4) is 0 Å². The minimum Gasteiger partial charge on any atom is -0.315 e. The van der Waals surface area contributed by atoms with Crippen molar-refractivity contribution < 1.29 is 0 Å². The Kier molecular flexibility index (Phi) is 5.33. The average molecular weight is 313 g/mol. The van der Waals surface area contributed by atoms with Gasteiger partial charge in [-0.3, -0.25) is 9.58 Å². The van der Waals surface area contributed by atoms with E-state index in [1.165, 1.54) is 32.4 Å². The second kappa shape index (κ2) is 6.67. The molecule has 1 N–H and O–H groups in total. The molecule has 2 rings (SSSR count). The second-order valence-corrected chi connectivity index (χ2v) is 7.09. The molecule has 0 radical (unpaired) electrons. The van der Waals surface area contributed by atoms with Gasteiger partial charge in [-0.25, -0.2) is 0 Å². The summed E-state index contributed by atoms with van der Waals surface area (Å²) in [6, 6.07) is 0.350. The molecule has 1 fully saturated rings. The van der Waals surface area contributed by atoms with Crippen molar-refractivity contribution in [3.05, 3.63) is 16.4 Å². The van der Waals surface area contributed by atoms with Gasteiger partial charge in [-0.05, 0) is 53.8 Å². The van der Waals surface area contributed by atoms with Crippen LogP contribution in [-0.4, -0.2) is 46.4 Å². The van der Waals surface area contributed by atoms with Gasteiger partial charge in [0.05, 0.1) is 16.4 Å². The summed E-state index contributed by atoms with van der Waals surface area (Å²) in [5.41, 5.74) is 2.15. The molecule has 120 valence electrons. The maximum Gasteiger partial charge on any atom is 0.0847 e. The van der Waals surface area contributed by atoms with Crippen LogP contribution in [-0.2, 0) is 13.5 Å². The molecule has 0 bridgehead atoms. The van der Waals surface area contributed by atoms with Crippen LogP contribution in [0.5, 0.6) is 0 Å². The Bertz CT molecular complexity index is 475. The highest BCUT2D eigenvalue weighted by molar-refractivity contribution is 6.31. The Balaban J connectivity index is 2.18. The second-order valence-electron chi connectivity index (χ2n) is 6.72. The van der Waals surface area contributed by atoms with Crippen molar-refractivity contribution in [2.75, 3.05) is 20.1 Å². The van der Waals surface area contributed by atoms with Gasteiger partial charge in [0.25, 0.3) is 0 Å². The highest BCUT2D eigenvalue weighted by Gasteiger charge is 2.36. The van der Waals surface area contributed by atoms with Crippen molar-refractivity contribution in [2.45, 2.75) is 58.0 Å². The van der Waals surface area contributed by atoms with Crippen LogP contribution in [0, 0.1) is 6.92 Å². The standard InChI is InChI=1S/C16H29ClN4/c1-12-15(17)13(20(5)19-12)11-14(18-4)16(2,3)21-9-7-6-8-10-21/h14,18H,6-11H2,1-5H3. The van der Waals surface area contributed by atoms with Crippen molar-refractivity contribution >= 4 is 11.6 Å². The van der Waals surface area contributed by atoms with Gasteiger partial charge in [0.2, 0.25) is 0 Å². The third-order valence-electron chi connectivity index (χ3n) is 5.03. The van der Waals surface area contributed by atoms with Crippen molar-refractivity contribution in [1.82, 2.24) is 20.0 Å². The van der Waals surface area contributed by atoms with E-state index in [9.17, 15) is 0 Å². The molecule has 0 saturated carbocycles. The number of halogens is 1. The van der Waals surface area contributed by atoms with E-state index < -0.39 is 0 Å². The Labute approximate surface area is 133 Å². The number of hydrogen-bond donors (Lipinski definition) is 1. The van der Waals surface area contributed by atoms with Crippen LogP contribution in [0.25, 0.3) is 0 Å². The molecular formula is C16H29ClN4. The molecule has 0 amide bonds. The lowest BCUT2D eigenvalue weighted by Crippen LogP contribution is -2.59. The molecule has 2 heterocycles. The number of hydrogen-bond acceptors (Lipinski definition) is 3. The van der Waals surface area contributed by atoms with Gasteiger partial charge in [0, 0.05) is 25.0 Å². The lowest BCUT2D eigenvalue weighted by atomic mass is 9.87. The van der Waals surface area contributed by atoms with Gasteiger partial charge in [-0.2, -0.15) is 5.10 Å². The molecule has 0 aliphatic carbocycles. The Morgan fingerprint density at radius 3 is 2.38 bits per heavy atom. The van der Waals surface area contributed by atoms with E-state index in [0.29, 0.717) is 6.04 Å². The fourth-order valence-corrected chi connectivity index (χ4v) is 3.73. The maximum absolute atomic E-state index is 6.43. The summed E-state index contributed by atoms with van der Waals surface area (Å²) in [6.45, 7) is 9.05. The van der Waals surface area contributed by atoms with Crippen LogP contribution in [0.4, 0.5) is 0 Å². The molecule has 21 heavy (non-hydrogen) atoms. The molecule has 1 aromatic heterocycles. The molecule has 4 nitrogen and oxygen atoms in total. The number of likely N-dealkylation sites (N-methyl/N-ethyl adjacent to an activating group) is 1. The molecule has 1 unspecified atom stereocenters. The molecule has 1 atom stereocenters. The fourth-order valence-electron chi connectivity index (χ4n) is 3.49. The van der Waals surface area contributed by atoms with E-state index >= 15 is 0 Å². The van der Waals surface area contributed by atoms with Gasteiger partial charge in [-0.1, -0.05) is 18.0 Å². The summed E-state index contributed by atoms with van der Waals surface area (Å²) in [7, 11) is 4.03. The number of nitrogens with zero attached hydrogens (tertiary/aromatic N) is 3. The largest absolute Gasteiger partial charge is 0.315 e. The summed E-state index contributed by atoms with van der Waals surface area (Å²) in [6.07, 6.45) is 4.89. The summed E-state index contributed by atoms with van der Waals surface area (Å²) in [5.74, 6) is 0. The van der Waals surface area contributed by atoms with Gasteiger partial charge in [0.15, 0.2) is 0 Å². The van der Waals surface area contributed by atoms with E-state index in [1.54, 1.807) is 0 Å². The van der Waals surface area contributed by atoms with Crippen molar-refractivity contribution in [2.24, 2.45) is 7.05 Å². The predicted molar refractivity (Wildman–Crippen MR) is 89.0 cm³/mol. The van der Waals surface area contributed by atoms with Crippen LogP contribution < -0.4 is 5.32 Å². The number of piperidine rings is 1. The van der Waals surface area contributed by atoms with Crippen LogP contribution in [0.2, 0.25) is 5.02 Å². The lowest BCUT2D eigenvalue weighted by Gasteiger charge is -2.46. The number of nitrogens with one attached hydrogen (secondary N) is 1. The summed E-state index contributed by atoms with van der Waals surface area (Å²) < 4.78 is 1.92. The smallest absolute Gasteiger partial charge is 0.0847 e. The zero-order valence-electron chi connectivity index (χ0n) is 14.0. The summed E-state index contributed by atoms with van der Waals surface area (Å²) in [4.78, 5) is 2.62. The maximum atomic E-state index is 6.43. The third-order valence-corrected chi connectivity index (χ3v) is 5.52. The van der Waals surface area contributed by atoms with Crippen LogP contribution >= 0.6 is 11.6 Å². The number of aromatic nitrogens is 2. The van der Waals surface area contributed by atoms with Crippen LogP contribution in [0.1, 0.15) is 44.5 Å². The van der Waals surface area contributed by atoms with Crippen LogP contribution in [0.15, 0.2) is 0 Å². The van der Waals surface area contributed by atoms with E-state index in [-0.39, 0.29) is 5.54 Å². The first-order valence-corrected chi connectivity index (χ1v) is 8.36. The summed E-state index contributed by atoms with van der Waals surface area (Å²) in [5, 5.41) is 8.76. The van der Waals surface area contributed by atoms with Crippen LogP contribution in [0.3, 0.4) is 0 Å². The number of aryl methyl sites for hydroxylation is 2. The fraction of sp³-hybridized carbons (Fsp3) is 0.812. The van der Waals surface area contributed by atoms with Crippen molar-refractivity contribution in [3.63, 3.8) is 0 Å². The van der Waals surface area contributed by atoms with Gasteiger partial charge < -0.3 is 5.32 Å². The quantitative estimate of drug-likeness (QED) is 0.907. The SMILES string of the molecule is CNC(Cc1c(Cl)c(C)nn1C)C(C)(C)N1CCCCC1. The predicted octanol–water partition coefficient (Wildman–Crippen LogP) is 2.78. The topological polar surface area (TPSA) is 33.1 Å². The zero-order chi connectivity index (χ0) is 15.6. The Morgan fingerprint density at radius 2 is 1.90 bits per heavy atom. The normalized spacial score (nSPS) is 19.0. The highest BCUT2D eigenvalue weighted by atomic mass is 35.5. The molecule has 0 spiro atoms. The first-order valence-electron chi connectivity index (χ1n) is 7.98. The first kappa shape index (κ1) is 16.8. The number of likely N-dealkylation sites (tertiary alicyclic amines) is 1. The van der Waals surface area contributed by atoms with E-state index in [2.05, 4.69) is 29.2 Å². The summed E-state index contributed by atoms with van der Waals surface area (Å²) >= 11 is 6.43. The molecule has 1 aromatic rings. The molecular weight excluding hydrogens is 284 g/mol. The highest BCUT2D eigenvalue weighted by Crippen LogP contribution is 2.28. The van der Waals surface area contributed by atoms with E-state index in [4.69, 9.17) is 11.6 Å². The van der Waals surface area contributed by atoms with Gasteiger partial charge >= 0.3 is 0 Å². The Hall–Kier alpha value is -0.580. The Morgan fingerprint density at radius 1 is 1.29 bits per heavy atom. The van der Waals surface area contributed by atoms with Gasteiger partial charge in [-0.15, -0.1) is 0 Å². The molecule has 1 saturated heterocycles. The monoisotopic (exact) mass is 312 g/mol. The third kappa shape index (κ3) is 3.43. The van der Waals surface area contributed by atoms with E-state index in [1.807, 2.05) is 25.7 Å².